The number of unbranched alkanes of at least 4 members (excludes halogenated alkanes) is 1. The van der Waals surface area contributed by atoms with E-state index >= 15 is 0 Å². The maximum absolute atomic E-state index is 12.8. The normalized spacial score (nSPS) is 13.0. The van der Waals surface area contributed by atoms with E-state index in [9.17, 15) is 10.1 Å². The van der Waals surface area contributed by atoms with Crippen molar-refractivity contribution in [3.63, 3.8) is 0 Å². The zero-order valence-corrected chi connectivity index (χ0v) is 16.3. The third-order valence-electron chi connectivity index (χ3n) is 5.05. The number of carbonyl (C=O) groups excluding carboxylic acids is 1. The summed E-state index contributed by atoms with van der Waals surface area (Å²) in [5.41, 5.74) is 1.90. The number of carbonyl (C=O) groups is 1. The van der Waals surface area contributed by atoms with Crippen LogP contribution in [-0.4, -0.2) is 12.6 Å². The second-order valence-electron chi connectivity index (χ2n) is 6.95. The molecule has 0 aliphatic carbocycles. The van der Waals surface area contributed by atoms with Crippen molar-refractivity contribution in [1.29, 1.82) is 5.26 Å². The molecule has 142 valence electrons. The average molecular weight is 364 g/mol. The molecule has 2 aromatic rings. The van der Waals surface area contributed by atoms with Crippen molar-refractivity contribution in [3.8, 4) is 6.07 Å². The van der Waals surface area contributed by atoms with Gasteiger partial charge in [-0.25, -0.2) is 0 Å². The van der Waals surface area contributed by atoms with Gasteiger partial charge in [-0.15, -0.1) is 0 Å². The topological polar surface area (TPSA) is 50.1 Å². The molecular weight excluding hydrogens is 334 g/mol. The van der Waals surface area contributed by atoms with Crippen LogP contribution in [0.3, 0.4) is 0 Å². The highest BCUT2D eigenvalue weighted by atomic mass is 16.5. The van der Waals surface area contributed by atoms with E-state index in [1.807, 2.05) is 60.7 Å². The molecule has 3 nitrogen and oxygen atoms in total. The van der Waals surface area contributed by atoms with E-state index in [2.05, 4.69) is 19.9 Å². The molecule has 2 unspecified atom stereocenters. The van der Waals surface area contributed by atoms with E-state index in [1.54, 1.807) is 0 Å². The Kier molecular flexibility index (Phi) is 8.58. The van der Waals surface area contributed by atoms with Gasteiger partial charge >= 0.3 is 5.97 Å². The first kappa shape index (κ1) is 20.7. The minimum absolute atomic E-state index is 0.333. The van der Waals surface area contributed by atoms with Crippen LogP contribution in [0.4, 0.5) is 0 Å². The summed E-state index contributed by atoms with van der Waals surface area (Å²) in [4.78, 5) is 12.8. The van der Waals surface area contributed by atoms with Crippen LogP contribution in [0.2, 0.25) is 0 Å². The number of rotatable bonds is 10. The second kappa shape index (κ2) is 11.2. The van der Waals surface area contributed by atoms with Crippen molar-refractivity contribution in [2.24, 2.45) is 11.8 Å². The lowest BCUT2D eigenvalue weighted by Crippen LogP contribution is -2.26. The van der Waals surface area contributed by atoms with Gasteiger partial charge in [-0.3, -0.25) is 4.79 Å². The molecule has 2 rings (SSSR count). The van der Waals surface area contributed by atoms with Crippen LogP contribution in [0.25, 0.3) is 0 Å². The summed E-state index contributed by atoms with van der Waals surface area (Å²) in [6.45, 7) is 4.67. The highest BCUT2D eigenvalue weighted by Gasteiger charge is 2.32. The number of hydrogen-bond acceptors (Lipinski definition) is 3. The average Bonchev–Trinajstić information content (AvgIpc) is 2.73. The van der Waals surface area contributed by atoms with Gasteiger partial charge in [-0.1, -0.05) is 93.8 Å². The molecule has 0 heterocycles. The Bertz CT molecular complexity index is 682. The van der Waals surface area contributed by atoms with Crippen LogP contribution in [-0.2, 0) is 9.53 Å². The zero-order valence-electron chi connectivity index (χ0n) is 16.3. The number of nitriles is 1. The third-order valence-corrected chi connectivity index (χ3v) is 5.05. The van der Waals surface area contributed by atoms with Crippen molar-refractivity contribution in [2.45, 2.75) is 45.4 Å². The summed E-state index contributed by atoms with van der Waals surface area (Å²) in [7, 11) is 0. The molecule has 0 aliphatic heterocycles. The van der Waals surface area contributed by atoms with Gasteiger partial charge in [0, 0.05) is 5.92 Å². The number of esters is 1. The maximum Gasteiger partial charge on any atom is 0.324 e. The van der Waals surface area contributed by atoms with Crippen LogP contribution in [0.15, 0.2) is 60.7 Å². The largest absolute Gasteiger partial charge is 0.464 e. The molecule has 0 radical (unpaired) electrons. The Morgan fingerprint density at radius 3 is 2.00 bits per heavy atom. The zero-order chi connectivity index (χ0) is 19.5. The Hall–Kier alpha value is -2.60. The fraction of sp³-hybridized carbons (Fsp3) is 0.417. The second-order valence-corrected chi connectivity index (χ2v) is 6.95. The van der Waals surface area contributed by atoms with Crippen molar-refractivity contribution in [2.75, 3.05) is 6.61 Å². The van der Waals surface area contributed by atoms with Gasteiger partial charge in [0.15, 0.2) is 5.92 Å². The smallest absolute Gasteiger partial charge is 0.324 e. The van der Waals surface area contributed by atoms with Gasteiger partial charge < -0.3 is 4.74 Å². The summed E-state index contributed by atoms with van der Waals surface area (Å²) in [6.07, 6.45) is 4.30. The van der Waals surface area contributed by atoms with Gasteiger partial charge in [-0.2, -0.15) is 5.26 Å². The van der Waals surface area contributed by atoms with E-state index < -0.39 is 11.9 Å². The van der Waals surface area contributed by atoms with Gasteiger partial charge in [0.2, 0.25) is 0 Å². The van der Waals surface area contributed by atoms with Crippen LogP contribution < -0.4 is 0 Å². The summed E-state index contributed by atoms with van der Waals surface area (Å²) >= 11 is 0. The molecule has 0 bridgehead atoms. The van der Waals surface area contributed by atoms with Crippen LogP contribution in [0.1, 0.15) is 56.6 Å². The van der Waals surface area contributed by atoms with Gasteiger partial charge in [0.1, 0.15) is 0 Å². The Labute approximate surface area is 163 Å². The SMILES string of the molecule is CCCCC(CC)COC(=O)C(C#N)C(c1ccccc1)c1ccccc1. The molecule has 0 saturated heterocycles. The maximum atomic E-state index is 12.8. The van der Waals surface area contributed by atoms with Crippen molar-refractivity contribution in [3.05, 3.63) is 71.8 Å². The van der Waals surface area contributed by atoms with E-state index in [4.69, 9.17) is 4.74 Å². The standard InChI is InChI=1S/C24H29NO2/c1-3-5-12-19(4-2)18-27-24(26)22(17-25)23(20-13-8-6-9-14-20)21-15-10-7-11-16-21/h6-11,13-16,19,22-23H,3-5,12,18H2,1-2H3. The van der Waals surface area contributed by atoms with Gasteiger partial charge in [0.25, 0.3) is 0 Å². The van der Waals surface area contributed by atoms with Gasteiger partial charge in [0.05, 0.1) is 12.7 Å². The first-order chi connectivity index (χ1) is 13.2. The molecule has 0 spiro atoms. The number of ether oxygens (including phenoxy) is 1. The highest BCUT2D eigenvalue weighted by molar-refractivity contribution is 5.77. The minimum Gasteiger partial charge on any atom is -0.464 e. The van der Waals surface area contributed by atoms with Gasteiger partial charge in [-0.05, 0) is 23.5 Å². The first-order valence-electron chi connectivity index (χ1n) is 9.87. The lowest BCUT2D eigenvalue weighted by atomic mass is 9.81. The fourth-order valence-electron chi connectivity index (χ4n) is 3.35. The number of hydrogen-bond donors (Lipinski definition) is 0. The molecule has 2 atom stereocenters. The molecule has 0 fully saturated rings. The summed E-state index contributed by atoms with van der Waals surface area (Å²) in [6, 6.07) is 21.7. The minimum atomic E-state index is -0.863. The van der Waals surface area contributed by atoms with Crippen LogP contribution in [0, 0.1) is 23.2 Å². The molecule has 0 amide bonds. The molecular formula is C24H29NO2. The lowest BCUT2D eigenvalue weighted by Gasteiger charge is -2.23. The molecule has 0 aliphatic rings. The van der Waals surface area contributed by atoms with Crippen LogP contribution in [0.5, 0.6) is 0 Å². The number of benzene rings is 2. The number of nitrogens with zero attached hydrogens (tertiary/aromatic N) is 1. The summed E-state index contributed by atoms with van der Waals surface area (Å²) < 4.78 is 5.61. The van der Waals surface area contributed by atoms with E-state index in [-0.39, 0.29) is 5.92 Å². The Balaban J connectivity index is 2.20. The molecule has 2 aromatic carbocycles. The highest BCUT2D eigenvalue weighted by Crippen LogP contribution is 2.33. The van der Waals surface area contributed by atoms with Crippen molar-refractivity contribution >= 4 is 5.97 Å². The fourth-order valence-corrected chi connectivity index (χ4v) is 3.35. The molecule has 3 heteroatoms. The van der Waals surface area contributed by atoms with Crippen molar-refractivity contribution in [1.82, 2.24) is 0 Å². The van der Waals surface area contributed by atoms with E-state index in [0.717, 1.165) is 36.8 Å². The summed E-state index contributed by atoms with van der Waals surface area (Å²) in [5.74, 6) is -1.26. The van der Waals surface area contributed by atoms with Crippen LogP contribution >= 0.6 is 0 Å². The predicted molar refractivity (Wildman–Crippen MR) is 108 cm³/mol. The Morgan fingerprint density at radius 1 is 1.00 bits per heavy atom. The summed E-state index contributed by atoms with van der Waals surface area (Å²) in [5, 5.41) is 9.80. The molecule has 0 aromatic heterocycles. The predicted octanol–water partition coefficient (Wildman–Crippen LogP) is 5.72. The Morgan fingerprint density at radius 2 is 1.56 bits per heavy atom. The van der Waals surface area contributed by atoms with E-state index in [1.165, 1.54) is 0 Å². The molecule has 0 saturated carbocycles. The van der Waals surface area contributed by atoms with Crippen molar-refractivity contribution < 1.29 is 9.53 Å². The molecule has 27 heavy (non-hydrogen) atoms. The quantitative estimate of drug-likeness (QED) is 0.507. The van der Waals surface area contributed by atoms with E-state index in [0.29, 0.717) is 12.5 Å². The first-order valence-corrected chi connectivity index (χ1v) is 9.87. The third kappa shape index (κ3) is 5.96. The monoisotopic (exact) mass is 363 g/mol. The molecule has 0 N–H and O–H groups in total. The lowest BCUT2D eigenvalue weighted by molar-refractivity contribution is -0.148.